The summed E-state index contributed by atoms with van der Waals surface area (Å²) in [7, 11) is -3.43. The Balaban J connectivity index is 1.95. The highest BCUT2D eigenvalue weighted by atomic mass is 32.2. The van der Waals surface area contributed by atoms with Crippen molar-refractivity contribution in [3.63, 3.8) is 0 Å². The van der Waals surface area contributed by atoms with E-state index in [4.69, 9.17) is 4.74 Å². The maximum atomic E-state index is 12.0. The van der Waals surface area contributed by atoms with Gasteiger partial charge in [-0.1, -0.05) is 39.0 Å². The summed E-state index contributed by atoms with van der Waals surface area (Å²) in [5.41, 5.74) is 1.82. The first-order valence-electron chi connectivity index (χ1n) is 8.34. The number of ether oxygens (including phenoxy) is 1. The fourth-order valence-corrected chi connectivity index (χ4v) is 2.99. The van der Waals surface area contributed by atoms with Crippen LogP contribution in [0.1, 0.15) is 36.7 Å². The number of esters is 1. The van der Waals surface area contributed by atoms with Crippen LogP contribution in [-0.2, 0) is 24.8 Å². The zero-order chi connectivity index (χ0) is 20.2. The van der Waals surface area contributed by atoms with Crippen molar-refractivity contribution in [2.24, 2.45) is 0 Å². The molecule has 1 N–H and O–H groups in total. The van der Waals surface area contributed by atoms with Gasteiger partial charge in [0.05, 0.1) is 10.5 Å². The molecule has 2 rings (SSSR count). The molecule has 0 aliphatic rings. The molecular weight excluding hydrogens is 366 g/mol. The summed E-state index contributed by atoms with van der Waals surface area (Å²) in [5, 5.41) is 2.65. The third-order valence-electron chi connectivity index (χ3n) is 3.87. The normalized spacial score (nSPS) is 11.7. The van der Waals surface area contributed by atoms with E-state index < -0.39 is 28.3 Å². The zero-order valence-corrected chi connectivity index (χ0v) is 16.6. The van der Waals surface area contributed by atoms with Crippen LogP contribution in [0, 0.1) is 0 Å². The molecule has 0 aliphatic heterocycles. The largest absolute Gasteiger partial charge is 0.452 e. The molecule has 27 heavy (non-hydrogen) atoms. The Morgan fingerprint density at radius 2 is 1.67 bits per heavy atom. The van der Waals surface area contributed by atoms with Crippen LogP contribution >= 0.6 is 0 Å². The van der Waals surface area contributed by atoms with Crippen LogP contribution in [0.3, 0.4) is 0 Å². The van der Waals surface area contributed by atoms with E-state index in [0.29, 0.717) is 5.69 Å². The standard InChI is InChI=1S/C20H23NO5S/c1-20(2,3)15-8-10-16(11-9-15)21-18(22)13-26-19(23)14-6-5-7-17(12-14)27(4,24)25/h5-12H,13H2,1-4H3,(H,21,22). The second kappa shape index (κ2) is 7.92. The minimum absolute atomic E-state index is 0.0125. The molecule has 0 bridgehead atoms. The van der Waals surface area contributed by atoms with Gasteiger partial charge >= 0.3 is 5.97 Å². The number of benzene rings is 2. The van der Waals surface area contributed by atoms with E-state index in [0.717, 1.165) is 11.8 Å². The molecule has 0 aromatic heterocycles. The number of nitrogens with one attached hydrogen (secondary N) is 1. The highest BCUT2D eigenvalue weighted by Gasteiger charge is 2.15. The van der Waals surface area contributed by atoms with Gasteiger partial charge in [-0.05, 0) is 41.3 Å². The van der Waals surface area contributed by atoms with E-state index in [9.17, 15) is 18.0 Å². The summed E-state index contributed by atoms with van der Waals surface area (Å²) in [5.74, 6) is -1.25. The van der Waals surface area contributed by atoms with Gasteiger partial charge in [-0.2, -0.15) is 0 Å². The summed E-state index contributed by atoms with van der Waals surface area (Å²) in [6.45, 7) is 5.82. The van der Waals surface area contributed by atoms with Gasteiger partial charge in [-0.3, -0.25) is 4.79 Å². The lowest BCUT2D eigenvalue weighted by atomic mass is 9.87. The average Bonchev–Trinajstić information content (AvgIpc) is 2.59. The Hall–Kier alpha value is -2.67. The number of amides is 1. The van der Waals surface area contributed by atoms with Crippen molar-refractivity contribution in [3.05, 3.63) is 59.7 Å². The summed E-state index contributed by atoms with van der Waals surface area (Å²) < 4.78 is 28.1. The minimum atomic E-state index is -3.43. The first-order chi connectivity index (χ1) is 12.5. The lowest BCUT2D eigenvalue weighted by Crippen LogP contribution is -2.21. The van der Waals surface area contributed by atoms with Gasteiger partial charge in [0.2, 0.25) is 0 Å². The van der Waals surface area contributed by atoms with Crippen molar-refractivity contribution < 1.29 is 22.7 Å². The monoisotopic (exact) mass is 389 g/mol. The average molecular weight is 389 g/mol. The first-order valence-corrected chi connectivity index (χ1v) is 10.2. The second-order valence-electron chi connectivity index (χ2n) is 7.25. The number of carbonyl (C=O) groups excluding carboxylic acids is 2. The van der Waals surface area contributed by atoms with Gasteiger partial charge in [0, 0.05) is 11.9 Å². The zero-order valence-electron chi connectivity index (χ0n) is 15.8. The Morgan fingerprint density at radius 1 is 1.04 bits per heavy atom. The molecule has 0 aliphatic carbocycles. The van der Waals surface area contributed by atoms with Crippen LogP contribution in [0.15, 0.2) is 53.4 Å². The number of hydrogen-bond donors (Lipinski definition) is 1. The number of sulfone groups is 1. The van der Waals surface area contributed by atoms with Crippen molar-refractivity contribution in [2.75, 3.05) is 18.2 Å². The number of carbonyl (C=O) groups is 2. The van der Waals surface area contributed by atoms with Crippen molar-refractivity contribution in [3.8, 4) is 0 Å². The van der Waals surface area contributed by atoms with Crippen LogP contribution < -0.4 is 5.32 Å². The van der Waals surface area contributed by atoms with Crippen molar-refractivity contribution in [1.29, 1.82) is 0 Å². The van der Waals surface area contributed by atoms with Gasteiger partial charge in [0.1, 0.15) is 0 Å². The number of anilines is 1. The van der Waals surface area contributed by atoms with E-state index in [1.165, 1.54) is 24.3 Å². The van der Waals surface area contributed by atoms with E-state index >= 15 is 0 Å². The van der Waals surface area contributed by atoms with Crippen LogP contribution in [0.2, 0.25) is 0 Å². The van der Waals surface area contributed by atoms with Crippen molar-refractivity contribution >= 4 is 27.4 Å². The van der Waals surface area contributed by atoms with Gasteiger partial charge < -0.3 is 10.1 Å². The summed E-state index contributed by atoms with van der Waals surface area (Å²) >= 11 is 0. The van der Waals surface area contributed by atoms with E-state index in [2.05, 4.69) is 26.1 Å². The fraction of sp³-hybridized carbons (Fsp3) is 0.300. The Bertz CT molecular complexity index is 941. The molecule has 0 atom stereocenters. The third kappa shape index (κ3) is 5.92. The molecule has 0 unspecified atom stereocenters. The van der Waals surface area contributed by atoms with Crippen molar-refractivity contribution in [2.45, 2.75) is 31.1 Å². The summed E-state index contributed by atoms with van der Waals surface area (Å²) in [6, 6.07) is 12.9. The molecule has 144 valence electrons. The number of rotatable bonds is 5. The van der Waals surface area contributed by atoms with Gasteiger partial charge in [0.15, 0.2) is 16.4 Å². The smallest absolute Gasteiger partial charge is 0.338 e. The van der Waals surface area contributed by atoms with Gasteiger partial charge in [0.25, 0.3) is 5.91 Å². The lowest BCUT2D eigenvalue weighted by molar-refractivity contribution is -0.119. The maximum Gasteiger partial charge on any atom is 0.338 e. The van der Waals surface area contributed by atoms with Crippen LogP contribution in [0.25, 0.3) is 0 Å². The maximum absolute atomic E-state index is 12.0. The second-order valence-corrected chi connectivity index (χ2v) is 9.27. The summed E-state index contributed by atoms with van der Waals surface area (Å²) in [6.07, 6.45) is 1.05. The minimum Gasteiger partial charge on any atom is -0.452 e. The van der Waals surface area contributed by atoms with Crippen LogP contribution in [-0.4, -0.2) is 33.2 Å². The highest BCUT2D eigenvalue weighted by molar-refractivity contribution is 7.90. The van der Waals surface area contributed by atoms with E-state index in [1.54, 1.807) is 12.1 Å². The molecule has 0 saturated carbocycles. The molecule has 1 amide bonds. The molecule has 0 spiro atoms. The Kier molecular flexibility index (Phi) is 6.05. The van der Waals surface area contributed by atoms with Gasteiger partial charge in [-0.15, -0.1) is 0 Å². The lowest BCUT2D eigenvalue weighted by Gasteiger charge is -2.19. The predicted octanol–water partition coefficient (Wildman–Crippen LogP) is 3.18. The molecule has 0 radical (unpaired) electrons. The van der Waals surface area contributed by atoms with Crippen molar-refractivity contribution in [1.82, 2.24) is 0 Å². The molecule has 6 nitrogen and oxygen atoms in total. The Labute approximate surface area is 159 Å². The Morgan fingerprint density at radius 3 is 2.22 bits per heavy atom. The molecule has 0 fully saturated rings. The third-order valence-corrected chi connectivity index (χ3v) is 4.98. The van der Waals surface area contributed by atoms with E-state index in [1.807, 2.05) is 12.1 Å². The molecule has 0 heterocycles. The molecule has 2 aromatic carbocycles. The fourth-order valence-electron chi connectivity index (χ4n) is 2.32. The van der Waals surface area contributed by atoms with E-state index in [-0.39, 0.29) is 15.9 Å². The molecule has 2 aromatic rings. The SMILES string of the molecule is CC(C)(C)c1ccc(NC(=O)COC(=O)c2cccc(S(C)(=O)=O)c2)cc1. The molecule has 0 saturated heterocycles. The van der Waals surface area contributed by atoms with Crippen LogP contribution in [0.4, 0.5) is 5.69 Å². The van der Waals surface area contributed by atoms with Gasteiger partial charge in [-0.25, -0.2) is 13.2 Å². The topological polar surface area (TPSA) is 89.5 Å². The summed E-state index contributed by atoms with van der Waals surface area (Å²) in [4.78, 5) is 24.0. The molecular formula is C20H23NO5S. The predicted molar refractivity (Wildman–Crippen MR) is 104 cm³/mol. The van der Waals surface area contributed by atoms with Crippen LogP contribution in [0.5, 0.6) is 0 Å². The highest BCUT2D eigenvalue weighted by Crippen LogP contribution is 2.23. The quantitative estimate of drug-likeness (QED) is 0.793. The molecule has 7 heteroatoms. The number of hydrogen-bond acceptors (Lipinski definition) is 5. The first kappa shape index (κ1) is 20.6.